The molecule has 0 spiro atoms. The van der Waals surface area contributed by atoms with Crippen molar-refractivity contribution in [2.24, 2.45) is 0 Å². The quantitative estimate of drug-likeness (QED) is 0.837. The van der Waals surface area contributed by atoms with Crippen molar-refractivity contribution in [3.05, 3.63) is 30.6 Å². The van der Waals surface area contributed by atoms with Crippen LogP contribution in [0.15, 0.2) is 30.6 Å². The molecule has 2 N–H and O–H groups in total. The van der Waals surface area contributed by atoms with Crippen molar-refractivity contribution in [2.75, 3.05) is 18.4 Å². The van der Waals surface area contributed by atoms with E-state index in [1.54, 1.807) is 11.0 Å². The molecule has 0 unspecified atom stereocenters. The number of anilines is 1. The molecule has 6 heteroatoms. The van der Waals surface area contributed by atoms with Crippen LogP contribution in [0.5, 0.6) is 0 Å². The predicted molar refractivity (Wildman–Crippen MR) is 68.7 cm³/mol. The maximum absolute atomic E-state index is 3.86. The molecule has 1 aromatic carbocycles. The van der Waals surface area contributed by atoms with E-state index in [1.807, 2.05) is 12.1 Å². The Kier molecular flexibility index (Phi) is 3.18. The molecule has 1 aliphatic rings. The highest BCUT2D eigenvalue weighted by atomic mass is 15.5. The van der Waals surface area contributed by atoms with E-state index in [1.165, 1.54) is 12.8 Å². The maximum atomic E-state index is 3.86. The Labute approximate surface area is 105 Å². The summed E-state index contributed by atoms with van der Waals surface area (Å²) in [5.41, 5.74) is 2.12. The van der Waals surface area contributed by atoms with Gasteiger partial charge in [0.2, 0.25) is 0 Å². The lowest BCUT2D eigenvalue weighted by molar-refractivity contribution is 0.479. The molecule has 2 heterocycles. The summed E-state index contributed by atoms with van der Waals surface area (Å²) in [5, 5.41) is 18.0. The molecule has 0 aliphatic carbocycles. The summed E-state index contributed by atoms with van der Waals surface area (Å²) < 4.78 is 1.65. The summed E-state index contributed by atoms with van der Waals surface area (Å²) in [6, 6.07) is 8.74. The lowest BCUT2D eigenvalue weighted by atomic mass is 10.1. The van der Waals surface area contributed by atoms with Crippen LogP contribution in [0.1, 0.15) is 12.8 Å². The van der Waals surface area contributed by atoms with Crippen LogP contribution in [-0.4, -0.2) is 39.3 Å². The molecule has 3 rings (SSSR count). The highest BCUT2D eigenvalue weighted by Gasteiger charge is 2.12. The van der Waals surface area contributed by atoms with Gasteiger partial charge in [0.1, 0.15) is 6.33 Å². The third-order valence-corrected chi connectivity index (χ3v) is 3.19. The third kappa shape index (κ3) is 2.48. The Balaban J connectivity index is 1.67. The van der Waals surface area contributed by atoms with Gasteiger partial charge in [0.05, 0.1) is 5.69 Å². The Bertz CT molecular complexity index is 472. The summed E-state index contributed by atoms with van der Waals surface area (Å²) in [6.45, 7) is 2.20. The maximum Gasteiger partial charge on any atom is 0.143 e. The van der Waals surface area contributed by atoms with Crippen LogP contribution in [0, 0.1) is 0 Å². The minimum Gasteiger partial charge on any atom is -0.382 e. The number of hydrogen-bond donors (Lipinski definition) is 2. The number of nitrogens with one attached hydrogen (secondary N) is 2. The van der Waals surface area contributed by atoms with Gasteiger partial charge in [0, 0.05) is 11.7 Å². The summed E-state index contributed by atoms with van der Waals surface area (Å²) in [7, 11) is 0. The standard InChI is InChI=1S/C12H16N6/c1-3-12(18-9-14-16-17-18)4-2-10(1)15-11-5-7-13-8-6-11/h1-4,9,11,13,15H,5-8H2. The van der Waals surface area contributed by atoms with Gasteiger partial charge >= 0.3 is 0 Å². The lowest BCUT2D eigenvalue weighted by Gasteiger charge is -2.24. The second-order valence-corrected chi connectivity index (χ2v) is 4.47. The number of aromatic nitrogens is 4. The molecule has 0 atom stereocenters. The molecule has 0 bridgehead atoms. The first-order chi connectivity index (χ1) is 8.92. The normalized spacial score (nSPS) is 16.7. The van der Waals surface area contributed by atoms with Crippen molar-refractivity contribution in [1.29, 1.82) is 0 Å². The second-order valence-electron chi connectivity index (χ2n) is 4.47. The van der Waals surface area contributed by atoms with Crippen LogP contribution >= 0.6 is 0 Å². The van der Waals surface area contributed by atoms with Gasteiger partial charge in [-0.15, -0.1) is 5.10 Å². The van der Waals surface area contributed by atoms with Crippen LogP contribution in [0.25, 0.3) is 5.69 Å². The largest absolute Gasteiger partial charge is 0.382 e. The van der Waals surface area contributed by atoms with Crippen molar-refractivity contribution in [3.63, 3.8) is 0 Å². The van der Waals surface area contributed by atoms with Crippen LogP contribution in [0.2, 0.25) is 0 Å². The number of benzene rings is 1. The Morgan fingerprint density at radius 1 is 1.17 bits per heavy atom. The number of piperidine rings is 1. The van der Waals surface area contributed by atoms with Crippen LogP contribution < -0.4 is 10.6 Å². The van der Waals surface area contributed by atoms with Crippen molar-refractivity contribution < 1.29 is 0 Å². The Morgan fingerprint density at radius 2 is 1.94 bits per heavy atom. The van der Waals surface area contributed by atoms with Gasteiger partial charge in [0.15, 0.2) is 0 Å². The smallest absolute Gasteiger partial charge is 0.143 e. The average Bonchev–Trinajstić information content (AvgIpc) is 2.95. The highest BCUT2D eigenvalue weighted by Crippen LogP contribution is 2.15. The van der Waals surface area contributed by atoms with E-state index in [4.69, 9.17) is 0 Å². The molecule has 0 radical (unpaired) electrons. The molecule has 1 aromatic heterocycles. The van der Waals surface area contributed by atoms with E-state index in [2.05, 4.69) is 38.3 Å². The van der Waals surface area contributed by atoms with Crippen LogP contribution in [0.3, 0.4) is 0 Å². The number of nitrogens with zero attached hydrogens (tertiary/aromatic N) is 4. The number of rotatable bonds is 3. The zero-order chi connectivity index (χ0) is 12.2. The number of hydrogen-bond acceptors (Lipinski definition) is 5. The molecule has 6 nitrogen and oxygen atoms in total. The molecular formula is C12H16N6. The highest BCUT2D eigenvalue weighted by molar-refractivity contribution is 5.49. The molecule has 0 amide bonds. The molecular weight excluding hydrogens is 228 g/mol. The van der Waals surface area contributed by atoms with Gasteiger partial charge in [-0.05, 0) is 60.6 Å². The molecule has 1 aliphatic heterocycles. The van der Waals surface area contributed by atoms with E-state index >= 15 is 0 Å². The van der Waals surface area contributed by atoms with E-state index in [0.29, 0.717) is 6.04 Å². The van der Waals surface area contributed by atoms with E-state index < -0.39 is 0 Å². The van der Waals surface area contributed by atoms with E-state index in [9.17, 15) is 0 Å². The molecule has 1 saturated heterocycles. The van der Waals surface area contributed by atoms with E-state index in [-0.39, 0.29) is 0 Å². The minimum absolute atomic E-state index is 0.574. The topological polar surface area (TPSA) is 67.7 Å². The Hall–Kier alpha value is -1.95. The second kappa shape index (κ2) is 5.14. The van der Waals surface area contributed by atoms with Gasteiger partial charge in [-0.1, -0.05) is 0 Å². The average molecular weight is 244 g/mol. The summed E-state index contributed by atoms with van der Waals surface area (Å²) >= 11 is 0. The molecule has 94 valence electrons. The first kappa shape index (κ1) is 11.2. The first-order valence-electron chi connectivity index (χ1n) is 6.22. The summed E-state index contributed by atoms with van der Waals surface area (Å²) in [6.07, 6.45) is 3.94. The van der Waals surface area contributed by atoms with Crippen molar-refractivity contribution in [3.8, 4) is 5.69 Å². The predicted octanol–water partition coefficient (Wildman–Crippen LogP) is 0.826. The third-order valence-electron chi connectivity index (χ3n) is 3.19. The molecule has 1 fully saturated rings. The fraction of sp³-hybridized carbons (Fsp3) is 0.417. The van der Waals surface area contributed by atoms with Gasteiger partial charge in [-0.3, -0.25) is 0 Å². The van der Waals surface area contributed by atoms with Crippen LogP contribution in [-0.2, 0) is 0 Å². The molecule has 0 saturated carbocycles. The monoisotopic (exact) mass is 244 g/mol. The molecule has 2 aromatic rings. The minimum atomic E-state index is 0.574. The van der Waals surface area contributed by atoms with Gasteiger partial charge in [-0.2, -0.15) is 0 Å². The van der Waals surface area contributed by atoms with Gasteiger partial charge in [0.25, 0.3) is 0 Å². The van der Waals surface area contributed by atoms with Gasteiger partial charge < -0.3 is 10.6 Å². The van der Waals surface area contributed by atoms with Crippen molar-refractivity contribution >= 4 is 5.69 Å². The zero-order valence-corrected chi connectivity index (χ0v) is 10.1. The first-order valence-corrected chi connectivity index (χ1v) is 6.22. The summed E-state index contributed by atoms with van der Waals surface area (Å²) in [4.78, 5) is 0. The van der Waals surface area contributed by atoms with Crippen LogP contribution in [0.4, 0.5) is 5.69 Å². The fourth-order valence-corrected chi connectivity index (χ4v) is 2.19. The van der Waals surface area contributed by atoms with Crippen molar-refractivity contribution in [1.82, 2.24) is 25.5 Å². The lowest BCUT2D eigenvalue weighted by Crippen LogP contribution is -2.35. The number of tetrazole rings is 1. The fourth-order valence-electron chi connectivity index (χ4n) is 2.19. The summed E-state index contributed by atoms with van der Waals surface area (Å²) in [5.74, 6) is 0. The van der Waals surface area contributed by atoms with E-state index in [0.717, 1.165) is 24.5 Å². The zero-order valence-electron chi connectivity index (χ0n) is 10.1. The van der Waals surface area contributed by atoms with Gasteiger partial charge in [-0.25, -0.2) is 4.68 Å². The molecule has 18 heavy (non-hydrogen) atoms. The Morgan fingerprint density at radius 3 is 2.61 bits per heavy atom. The SMILES string of the molecule is c1cc(-n2cnnn2)ccc1NC1CCNCC1. The van der Waals surface area contributed by atoms with Crippen molar-refractivity contribution in [2.45, 2.75) is 18.9 Å².